The van der Waals surface area contributed by atoms with E-state index in [2.05, 4.69) is 44.0 Å². The molecule has 118 valence electrons. The van der Waals surface area contributed by atoms with Crippen LogP contribution in [0.15, 0.2) is 48.7 Å². The molecule has 1 saturated heterocycles. The van der Waals surface area contributed by atoms with E-state index >= 15 is 0 Å². The van der Waals surface area contributed by atoms with Crippen LogP contribution in [-0.4, -0.2) is 46.0 Å². The Kier molecular flexibility index (Phi) is 3.94. The molecule has 1 fully saturated rings. The zero-order valence-electron chi connectivity index (χ0n) is 13.2. The number of hydrogen-bond donors (Lipinski definition) is 1. The Morgan fingerprint density at radius 1 is 0.957 bits per heavy atom. The van der Waals surface area contributed by atoms with Gasteiger partial charge in [-0.1, -0.05) is 18.2 Å². The van der Waals surface area contributed by atoms with E-state index in [1.54, 1.807) is 0 Å². The summed E-state index contributed by atoms with van der Waals surface area (Å²) in [5.41, 5.74) is 3.29. The van der Waals surface area contributed by atoms with Gasteiger partial charge in [-0.3, -0.25) is 9.88 Å². The maximum atomic E-state index is 4.73. The van der Waals surface area contributed by atoms with Crippen molar-refractivity contribution in [2.75, 3.05) is 31.1 Å². The lowest BCUT2D eigenvalue weighted by Crippen LogP contribution is -2.31. The highest BCUT2D eigenvalue weighted by molar-refractivity contribution is 5.77. The Morgan fingerprint density at radius 2 is 1.87 bits per heavy atom. The fourth-order valence-electron chi connectivity index (χ4n) is 3.15. The van der Waals surface area contributed by atoms with Gasteiger partial charge in [-0.15, -0.1) is 0 Å². The summed E-state index contributed by atoms with van der Waals surface area (Å²) in [7, 11) is 0. The number of H-pyrrole nitrogens is 1. The van der Waals surface area contributed by atoms with Crippen LogP contribution in [0.5, 0.6) is 0 Å². The minimum absolute atomic E-state index is 0.925. The number of para-hydroxylation sites is 2. The number of fused-ring (bicyclic) bond motifs is 1. The second kappa shape index (κ2) is 6.38. The second-order valence-electron chi connectivity index (χ2n) is 6.02. The van der Waals surface area contributed by atoms with Crippen LogP contribution in [0.3, 0.4) is 0 Å². The molecule has 0 bridgehead atoms. The molecule has 1 N–H and O–H groups in total. The van der Waals surface area contributed by atoms with Gasteiger partial charge in [0.1, 0.15) is 0 Å². The third-order valence-corrected chi connectivity index (χ3v) is 4.38. The molecule has 3 heterocycles. The van der Waals surface area contributed by atoms with Gasteiger partial charge in [0.2, 0.25) is 5.95 Å². The van der Waals surface area contributed by atoms with Crippen LogP contribution in [0.4, 0.5) is 5.95 Å². The fraction of sp³-hybridized carbons (Fsp3) is 0.333. The van der Waals surface area contributed by atoms with E-state index in [1.165, 1.54) is 0 Å². The number of imidazole rings is 1. The Balaban J connectivity index is 1.44. The predicted molar refractivity (Wildman–Crippen MR) is 92.4 cm³/mol. The van der Waals surface area contributed by atoms with Crippen LogP contribution < -0.4 is 4.90 Å². The SMILES string of the molecule is c1ccc(CN2CCCN(c3nc4ccccc4[nH]3)CC2)nc1. The summed E-state index contributed by atoms with van der Waals surface area (Å²) < 4.78 is 0. The molecule has 1 aliphatic heterocycles. The van der Waals surface area contributed by atoms with Crippen molar-refractivity contribution in [3.63, 3.8) is 0 Å². The number of pyridine rings is 1. The number of aromatic amines is 1. The number of benzene rings is 1. The van der Waals surface area contributed by atoms with Crippen LogP contribution in [0.1, 0.15) is 12.1 Å². The van der Waals surface area contributed by atoms with E-state index in [9.17, 15) is 0 Å². The molecule has 3 aromatic rings. The van der Waals surface area contributed by atoms with E-state index in [4.69, 9.17) is 4.98 Å². The summed E-state index contributed by atoms with van der Waals surface area (Å²) in [4.78, 5) is 17.4. The number of rotatable bonds is 3. The molecule has 0 radical (unpaired) electrons. The molecular formula is C18H21N5. The summed E-state index contributed by atoms with van der Waals surface area (Å²) >= 11 is 0. The van der Waals surface area contributed by atoms with Gasteiger partial charge in [-0.2, -0.15) is 0 Å². The lowest BCUT2D eigenvalue weighted by molar-refractivity contribution is 0.282. The van der Waals surface area contributed by atoms with E-state index < -0.39 is 0 Å². The normalized spacial score (nSPS) is 16.6. The van der Waals surface area contributed by atoms with Crippen molar-refractivity contribution in [1.82, 2.24) is 19.9 Å². The number of nitrogens with zero attached hydrogens (tertiary/aromatic N) is 4. The van der Waals surface area contributed by atoms with Gasteiger partial charge in [0.15, 0.2) is 0 Å². The van der Waals surface area contributed by atoms with Crippen molar-refractivity contribution in [1.29, 1.82) is 0 Å². The van der Waals surface area contributed by atoms with Crippen molar-refractivity contribution in [2.24, 2.45) is 0 Å². The fourth-order valence-corrected chi connectivity index (χ4v) is 3.15. The molecule has 1 aromatic carbocycles. The van der Waals surface area contributed by atoms with E-state index in [0.717, 1.165) is 61.8 Å². The van der Waals surface area contributed by atoms with E-state index in [1.807, 2.05) is 24.4 Å². The molecule has 1 aliphatic rings. The van der Waals surface area contributed by atoms with Crippen LogP contribution >= 0.6 is 0 Å². The molecule has 23 heavy (non-hydrogen) atoms. The summed E-state index contributed by atoms with van der Waals surface area (Å²) in [5, 5.41) is 0. The topological polar surface area (TPSA) is 48.0 Å². The highest BCUT2D eigenvalue weighted by atomic mass is 15.3. The van der Waals surface area contributed by atoms with Gasteiger partial charge in [-0.05, 0) is 30.7 Å². The summed E-state index contributed by atoms with van der Waals surface area (Å²) in [6.07, 6.45) is 3.01. The molecule has 0 spiro atoms. The van der Waals surface area contributed by atoms with Crippen molar-refractivity contribution in [2.45, 2.75) is 13.0 Å². The first-order chi connectivity index (χ1) is 11.4. The second-order valence-corrected chi connectivity index (χ2v) is 6.02. The lowest BCUT2D eigenvalue weighted by atomic mass is 10.3. The molecule has 4 rings (SSSR count). The third-order valence-electron chi connectivity index (χ3n) is 4.38. The van der Waals surface area contributed by atoms with Crippen molar-refractivity contribution in [3.05, 3.63) is 54.4 Å². The molecule has 2 aromatic heterocycles. The molecule has 0 aliphatic carbocycles. The first kappa shape index (κ1) is 14.2. The van der Waals surface area contributed by atoms with Gasteiger partial charge in [-0.25, -0.2) is 4.98 Å². The summed E-state index contributed by atoms with van der Waals surface area (Å²) in [6, 6.07) is 14.3. The molecule has 0 atom stereocenters. The molecule has 5 nitrogen and oxygen atoms in total. The average molecular weight is 307 g/mol. The maximum Gasteiger partial charge on any atom is 0.203 e. The minimum Gasteiger partial charge on any atom is -0.341 e. The highest BCUT2D eigenvalue weighted by Crippen LogP contribution is 2.18. The first-order valence-corrected chi connectivity index (χ1v) is 8.20. The Bertz CT molecular complexity index is 734. The van der Waals surface area contributed by atoms with Crippen LogP contribution in [-0.2, 0) is 6.54 Å². The largest absolute Gasteiger partial charge is 0.341 e. The quantitative estimate of drug-likeness (QED) is 0.808. The Morgan fingerprint density at radius 3 is 2.74 bits per heavy atom. The van der Waals surface area contributed by atoms with Crippen molar-refractivity contribution >= 4 is 17.0 Å². The van der Waals surface area contributed by atoms with Gasteiger partial charge < -0.3 is 9.88 Å². The standard InChI is InChI=1S/C18H21N5/c1-2-8-17-16(7-1)20-18(21-17)23-11-5-10-22(12-13-23)14-15-6-3-4-9-19-15/h1-4,6-9H,5,10-14H2,(H,20,21). The zero-order chi connectivity index (χ0) is 15.5. The van der Waals surface area contributed by atoms with Crippen LogP contribution in [0, 0.1) is 0 Å². The number of aromatic nitrogens is 3. The summed E-state index contributed by atoms with van der Waals surface area (Å²) in [6.45, 7) is 5.10. The Hall–Kier alpha value is -2.40. The molecule has 5 heteroatoms. The van der Waals surface area contributed by atoms with Crippen molar-refractivity contribution in [3.8, 4) is 0 Å². The van der Waals surface area contributed by atoms with Gasteiger partial charge >= 0.3 is 0 Å². The number of nitrogens with one attached hydrogen (secondary N) is 1. The van der Waals surface area contributed by atoms with Crippen LogP contribution in [0.2, 0.25) is 0 Å². The summed E-state index contributed by atoms with van der Waals surface area (Å²) in [5.74, 6) is 0.992. The van der Waals surface area contributed by atoms with Gasteiger partial charge in [0.05, 0.1) is 16.7 Å². The van der Waals surface area contributed by atoms with Crippen molar-refractivity contribution < 1.29 is 0 Å². The third kappa shape index (κ3) is 3.19. The Labute approximate surface area is 136 Å². The van der Waals surface area contributed by atoms with Gasteiger partial charge in [0.25, 0.3) is 0 Å². The monoisotopic (exact) mass is 307 g/mol. The van der Waals surface area contributed by atoms with E-state index in [0.29, 0.717) is 0 Å². The number of anilines is 1. The minimum atomic E-state index is 0.925. The first-order valence-electron chi connectivity index (χ1n) is 8.20. The molecule has 0 unspecified atom stereocenters. The lowest BCUT2D eigenvalue weighted by Gasteiger charge is -2.21. The average Bonchev–Trinajstić information content (AvgIpc) is 2.89. The molecule has 0 amide bonds. The van der Waals surface area contributed by atoms with Crippen LogP contribution in [0.25, 0.3) is 11.0 Å². The smallest absolute Gasteiger partial charge is 0.203 e. The number of hydrogen-bond acceptors (Lipinski definition) is 4. The zero-order valence-corrected chi connectivity index (χ0v) is 13.2. The van der Waals surface area contributed by atoms with E-state index in [-0.39, 0.29) is 0 Å². The molecular weight excluding hydrogens is 286 g/mol. The highest BCUT2D eigenvalue weighted by Gasteiger charge is 2.17. The predicted octanol–water partition coefficient (Wildman–Crippen LogP) is 2.67. The van der Waals surface area contributed by atoms with Gasteiger partial charge in [0, 0.05) is 38.9 Å². The molecule has 0 saturated carbocycles. The maximum absolute atomic E-state index is 4.73.